The number of carboxylic acid groups (broad SMARTS) is 1. The van der Waals surface area contributed by atoms with Crippen LogP contribution in [0, 0.1) is 0 Å². The Balaban J connectivity index is 3.90. The number of hydrogen-bond donors (Lipinski definition) is 3. The number of amides is 1. The summed E-state index contributed by atoms with van der Waals surface area (Å²) in [6.45, 7) is 0. The first kappa shape index (κ1) is 8.60. The van der Waals surface area contributed by atoms with Crippen molar-refractivity contribution in [3.8, 4) is 0 Å². The van der Waals surface area contributed by atoms with Gasteiger partial charge in [-0.15, -0.1) is 0 Å². The van der Waals surface area contributed by atoms with E-state index in [4.69, 9.17) is 15.5 Å². The maximum absolute atomic E-state index is 10.1. The summed E-state index contributed by atoms with van der Waals surface area (Å²) in [5, 5.41) is 23.1. The molecule has 0 radical (unpaired) electrons. The van der Waals surface area contributed by atoms with Crippen molar-refractivity contribution in [1.29, 1.82) is 0 Å². The van der Waals surface area contributed by atoms with E-state index in [0.717, 1.165) is 0 Å². The molecule has 0 aliphatic heterocycles. The molecule has 0 heterocycles. The minimum Gasteiger partial charge on any atom is -0.478 e. The lowest BCUT2D eigenvalue weighted by molar-refractivity contribution is -0.280. The van der Waals surface area contributed by atoms with E-state index in [0.29, 0.717) is 12.2 Å². The third-order valence-corrected chi connectivity index (χ3v) is 0.566. The van der Waals surface area contributed by atoms with Gasteiger partial charge in [-0.3, -0.25) is 15.2 Å². The molecule has 0 aromatic carbocycles. The number of nitrogens with zero attached hydrogens (tertiary/aromatic N) is 1. The van der Waals surface area contributed by atoms with Gasteiger partial charge in [-0.25, -0.2) is 4.79 Å². The predicted molar refractivity (Wildman–Crippen MR) is 27.2 cm³/mol. The van der Waals surface area contributed by atoms with E-state index < -0.39 is 17.1 Å². The number of hydrogen-bond acceptors (Lipinski definition) is 4. The number of carboxylic acids is 1. The molecule has 0 rings (SSSR count). The fourth-order valence-electron chi connectivity index (χ4n) is 0.209. The Kier molecular flexibility index (Phi) is 3.09. The van der Waals surface area contributed by atoms with Crippen LogP contribution < -0.4 is 0 Å². The van der Waals surface area contributed by atoms with E-state index in [9.17, 15) is 9.59 Å². The summed E-state index contributed by atoms with van der Waals surface area (Å²) in [6.07, 6.45) is 0.990. The second-order valence-electron chi connectivity index (χ2n) is 1.30. The fraction of sp³-hybridized carbons (Fsp3) is 0. The zero-order valence-electron chi connectivity index (χ0n) is 4.76. The van der Waals surface area contributed by atoms with Gasteiger partial charge in [0.1, 0.15) is 0 Å². The Bertz CT molecular complexity index is 172. The number of aliphatic carboxylic acids is 1. The minimum atomic E-state index is -1.34. The SMILES string of the molecule is O=C(O)/C=C\C(=O)N(O)O. The molecule has 0 unspecified atom stereocenters. The lowest BCUT2D eigenvalue weighted by Crippen LogP contribution is -2.20. The molecule has 0 spiro atoms. The molecule has 0 aliphatic carbocycles. The molecule has 0 aromatic rings. The summed E-state index contributed by atoms with van der Waals surface area (Å²) in [4.78, 5) is 19.8. The van der Waals surface area contributed by atoms with Gasteiger partial charge in [-0.05, 0) is 0 Å². The highest BCUT2D eigenvalue weighted by molar-refractivity contribution is 5.92. The standard InChI is InChI=1S/C4H5NO5/c6-3(5(9)10)1-2-4(7)8/h1-2,9-10H,(H,7,8)/b2-1-. The van der Waals surface area contributed by atoms with Crippen LogP contribution >= 0.6 is 0 Å². The lowest BCUT2D eigenvalue weighted by Gasteiger charge is -1.98. The second-order valence-corrected chi connectivity index (χ2v) is 1.30. The highest BCUT2D eigenvalue weighted by atomic mass is 16.8. The van der Waals surface area contributed by atoms with Crippen molar-refractivity contribution in [3.05, 3.63) is 12.2 Å². The van der Waals surface area contributed by atoms with Crippen LogP contribution in [0.2, 0.25) is 0 Å². The third-order valence-electron chi connectivity index (χ3n) is 0.566. The number of carbonyl (C=O) groups excluding carboxylic acids is 1. The van der Waals surface area contributed by atoms with Crippen LogP contribution in [-0.2, 0) is 9.59 Å². The monoisotopic (exact) mass is 147 g/mol. The Labute approximate surface area is 55.5 Å². The molecule has 0 aliphatic rings. The first-order valence-corrected chi connectivity index (χ1v) is 2.17. The molecule has 56 valence electrons. The summed E-state index contributed by atoms with van der Waals surface area (Å²) in [6, 6.07) is 0. The maximum atomic E-state index is 10.1. The third kappa shape index (κ3) is 3.58. The van der Waals surface area contributed by atoms with E-state index in [1.165, 1.54) is 0 Å². The molecule has 1 amide bonds. The Morgan fingerprint density at radius 3 is 2.00 bits per heavy atom. The lowest BCUT2D eigenvalue weighted by atomic mass is 10.5. The van der Waals surface area contributed by atoms with Crippen molar-refractivity contribution < 1.29 is 25.1 Å². The van der Waals surface area contributed by atoms with Crippen LogP contribution in [0.4, 0.5) is 0 Å². The summed E-state index contributed by atoms with van der Waals surface area (Å²) in [5.41, 5.74) is 0. The highest BCUT2D eigenvalue weighted by Crippen LogP contribution is 1.79. The number of carbonyl (C=O) groups is 2. The predicted octanol–water partition coefficient (Wildman–Crippen LogP) is -0.766. The van der Waals surface area contributed by atoms with Gasteiger partial charge in [-0.2, -0.15) is 0 Å². The van der Waals surface area contributed by atoms with Gasteiger partial charge in [0.25, 0.3) is 5.91 Å². The van der Waals surface area contributed by atoms with Crippen molar-refractivity contribution in [2.75, 3.05) is 0 Å². The Hall–Kier alpha value is -1.40. The maximum Gasteiger partial charge on any atom is 0.328 e. The molecule has 0 atom stereocenters. The van der Waals surface area contributed by atoms with E-state index >= 15 is 0 Å². The Morgan fingerprint density at radius 2 is 1.70 bits per heavy atom. The highest BCUT2D eigenvalue weighted by Gasteiger charge is 2.01. The average Bonchev–Trinajstić information content (AvgIpc) is 1.82. The molecular weight excluding hydrogens is 142 g/mol. The molecule has 3 N–H and O–H groups in total. The van der Waals surface area contributed by atoms with Crippen LogP contribution in [0.5, 0.6) is 0 Å². The van der Waals surface area contributed by atoms with Gasteiger partial charge in [0, 0.05) is 12.2 Å². The molecule has 6 heteroatoms. The fourth-order valence-corrected chi connectivity index (χ4v) is 0.209. The van der Waals surface area contributed by atoms with Crippen LogP contribution in [0.15, 0.2) is 12.2 Å². The quantitative estimate of drug-likeness (QED) is 0.271. The summed E-state index contributed by atoms with van der Waals surface area (Å²) in [5.74, 6) is -2.56. The smallest absolute Gasteiger partial charge is 0.328 e. The normalized spacial score (nSPS) is 9.80. The van der Waals surface area contributed by atoms with Crippen LogP contribution in [0.3, 0.4) is 0 Å². The van der Waals surface area contributed by atoms with Crippen LogP contribution in [-0.4, -0.2) is 32.6 Å². The van der Waals surface area contributed by atoms with Gasteiger partial charge in [0.15, 0.2) is 0 Å². The molecule has 0 aromatic heterocycles. The van der Waals surface area contributed by atoms with Gasteiger partial charge < -0.3 is 5.11 Å². The van der Waals surface area contributed by atoms with Crippen LogP contribution in [0.25, 0.3) is 0 Å². The van der Waals surface area contributed by atoms with Crippen LogP contribution in [0.1, 0.15) is 0 Å². The van der Waals surface area contributed by atoms with Crippen molar-refractivity contribution in [2.24, 2.45) is 0 Å². The summed E-state index contributed by atoms with van der Waals surface area (Å²) in [7, 11) is 0. The summed E-state index contributed by atoms with van der Waals surface area (Å²) >= 11 is 0. The molecule has 0 fully saturated rings. The van der Waals surface area contributed by atoms with E-state index in [-0.39, 0.29) is 0 Å². The topological polar surface area (TPSA) is 98.1 Å². The molecule has 0 bridgehead atoms. The minimum absolute atomic E-state index is 0.488. The largest absolute Gasteiger partial charge is 0.478 e. The molecule has 0 saturated carbocycles. The molecule has 0 saturated heterocycles. The van der Waals surface area contributed by atoms with Crippen molar-refractivity contribution in [3.63, 3.8) is 0 Å². The first-order valence-electron chi connectivity index (χ1n) is 2.17. The van der Waals surface area contributed by atoms with Gasteiger partial charge >= 0.3 is 5.97 Å². The van der Waals surface area contributed by atoms with E-state index in [1.807, 2.05) is 0 Å². The van der Waals surface area contributed by atoms with Gasteiger partial charge in [0.2, 0.25) is 0 Å². The molecule has 10 heavy (non-hydrogen) atoms. The zero-order valence-corrected chi connectivity index (χ0v) is 4.76. The van der Waals surface area contributed by atoms with E-state index in [2.05, 4.69) is 0 Å². The number of hydroxylamine groups is 2. The van der Waals surface area contributed by atoms with Gasteiger partial charge in [0.05, 0.1) is 0 Å². The average molecular weight is 147 g/mol. The van der Waals surface area contributed by atoms with Crippen molar-refractivity contribution in [2.45, 2.75) is 0 Å². The second kappa shape index (κ2) is 3.59. The number of rotatable bonds is 2. The van der Waals surface area contributed by atoms with Gasteiger partial charge in [-0.1, -0.05) is 5.23 Å². The first-order chi connectivity index (χ1) is 4.54. The van der Waals surface area contributed by atoms with E-state index in [1.54, 1.807) is 0 Å². The molecular formula is C4H5NO5. The molecule has 6 nitrogen and oxygen atoms in total. The Morgan fingerprint density at radius 1 is 1.20 bits per heavy atom. The van der Waals surface area contributed by atoms with Crippen molar-refractivity contribution >= 4 is 11.9 Å². The zero-order chi connectivity index (χ0) is 8.15. The summed E-state index contributed by atoms with van der Waals surface area (Å²) < 4.78 is 0. The van der Waals surface area contributed by atoms with Crippen molar-refractivity contribution in [1.82, 2.24) is 5.23 Å².